The number of nitrogens with zero attached hydrogens (tertiary/aromatic N) is 1. The lowest BCUT2D eigenvalue weighted by Gasteiger charge is -2.06. The molecule has 0 bridgehead atoms. The number of aryl methyl sites for hydroxylation is 1. The SMILES string of the molecule is Cc1ccncc1NC(=O)c1c[nH]ccc1=O. The highest BCUT2D eigenvalue weighted by Crippen LogP contribution is 2.11. The lowest BCUT2D eigenvalue weighted by molar-refractivity contribution is 0.102. The molecule has 2 aromatic heterocycles. The summed E-state index contributed by atoms with van der Waals surface area (Å²) in [5.41, 5.74) is 1.25. The van der Waals surface area contributed by atoms with Gasteiger partial charge in [-0.25, -0.2) is 0 Å². The molecule has 0 spiro atoms. The van der Waals surface area contributed by atoms with E-state index in [1.165, 1.54) is 18.5 Å². The fourth-order valence-corrected chi connectivity index (χ4v) is 1.38. The highest BCUT2D eigenvalue weighted by atomic mass is 16.2. The minimum absolute atomic E-state index is 0.0794. The van der Waals surface area contributed by atoms with Gasteiger partial charge in [-0.05, 0) is 18.6 Å². The molecule has 5 nitrogen and oxygen atoms in total. The average Bonchev–Trinajstić information content (AvgIpc) is 2.32. The van der Waals surface area contributed by atoms with E-state index in [-0.39, 0.29) is 11.0 Å². The van der Waals surface area contributed by atoms with Crippen LogP contribution in [0.25, 0.3) is 0 Å². The summed E-state index contributed by atoms with van der Waals surface area (Å²) in [4.78, 5) is 29.9. The zero-order valence-corrected chi connectivity index (χ0v) is 9.23. The number of anilines is 1. The van der Waals surface area contributed by atoms with Crippen molar-refractivity contribution in [1.29, 1.82) is 0 Å². The minimum Gasteiger partial charge on any atom is -0.367 e. The molecule has 0 aromatic carbocycles. The van der Waals surface area contributed by atoms with Gasteiger partial charge in [0.1, 0.15) is 5.56 Å². The third-order valence-corrected chi connectivity index (χ3v) is 2.36. The summed E-state index contributed by atoms with van der Waals surface area (Å²) in [6, 6.07) is 3.09. The number of rotatable bonds is 2. The van der Waals surface area contributed by atoms with Crippen molar-refractivity contribution in [1.82, 2.24) is 9.97 Å². The van der Waals surface area contributed by atoms with Gasteiger partial charge in [-0.3, -0.25) is 14.6 Å². The molecule has 0 aliphatic carbocycles. The number of hydrogen-bond acceptors (Lipinski definition) is 3. The Bertz CT molecular complexity index is 604. The maximum absolute atomic E-state index is 11.8. The average molecular weight is 229 g/mol. The first-order valence-electron chi connectivity index (χ1n) is 5.07. The maximum atomic E-state index is 11.8. The van der Waals surface area contributed by atoms with E-state index in [0.717, 1.165) is 5.56 Å². The van der Waals surface area contributed by atoms with Gasteiger partial charge in [0, 0.05) is 24.7 Å². The van der Waals surface area contributed by atoms with E-state index < -0.39 is 5.91 Å². The lowest BCUT2D eigenvalue weighted by Crippen LogP contribution is -2.21. The zero-order chi connectivity index (χ0) is 12.3. The van der Waals surface area contributed by atoms with Gasteiger partial charge in [-0.1, -0.05) is 0 Å². The van der Waals surface area contributed by atoms with Crippen LogP contribution in [0.2, 0.25) is 0 Å². The highest BCUT2D eigenvalue weighted by molar-refractivity contribution is 6.04. The van der Waals surface area contributed by atoms with Crippen molar-refractivity contribution >= 4 is 11.6 Å². The van der Waals surface area contributed by atoms with Crippen LogP contribution in [0.15, 0.2) is 41.7 Å². The molecule has 2 heterocycles. The first kappa shape index (κ1) is 11.1. The van der Waals surface area contributed by atoms with Gasteiger partial charge in [0.05, 0.1) is 11.9 Å². The molecule has 0 radical (unpaired) electrons. The van der Waals surface area contributed by atoms with Crippen molar-refractivity contribution in [3.63, 3.8) is 0 Å². The molecule has 0 atom stereocenters. The Kier molecular flexibility index (Phi) is 3.00. The van der Waals surface area contributed by atoms with Crippen LogP contribution in [0.1, 0.15) is 15.9 Å². The third-order valence-electron chi connectivity index (χ3n) is 2.36. The summed E-state index contributed by atoms with van der Waals surface area (Å²) < 4.78 is 0. The molecule has 2 aromatic rings. The predicted molar refractivity (Wildman–Crippen MR) is 64.0 cm³/mol. The number of hydrogen-bond donors (Lipinski definition) is 2. The second-order valence-corrected chi connectivity index (χ2v) is 3.57. The van der Waals surface area contributed by atoms with Crippen molar-refractivity contribution < 1.29 is 4.79 Å². The molecule has 0 saturated carbocycles. The molecule has 1 amide bonds. The van der Waals surface area contributed by atoms with Gasteiger partial charge >= 0.3 is 0 Å². The summed E-state index contributed by atoms with van der Waals surface area (Å²) in [5.74, 6) is -0.442. The van der Waals surface area contributed by atoms with Gasteiger partial charge in [0.2, 0.25) is 0 Å². The van der Waals surface area contributed by atoms with Crippen LogP contribution in [0.5, 0.6) is 0 Å². The highest BCUT2D eigenvalue weighted by Gasteiger charge is 2.10. The van der Waals surface area contributed by atoms with Crippen molar-refractivity contribution in [3.8, 4) is 0 Å². The van der Waals surface area contributed by atoms with E-state index >= 15 is 0 Å². The van der Waals surface area contributed by atoms with Crippen LogP contribution in [-0.4, -0.2) is 15.9 Å². The fraction of sp³-hybridized carbons (Fsp3) is 0.0833. The van der Waals surface area contributed by atoms with E-state index in [0.29, 0.717) is 5.69 Å². The number of aromatic amines is 1. The largest absolute Gasteiger partial charge is 0.367 e. The summed E-state index contributed by atoms with van der Waals surface area (Å²) in [6.45, 7) is 1.85. The van der Waals surface area contributed by atoms with Gasteiger partial charge in [0.25, 0.3) is 5.91 Å². The van der Waals surface area contributed by atoms with E-state index in [1.54, 1.807) is 18.5 Å². The van der Waals surface area contributed by atoms with Crippen LogP contribution >= 0.6 is 0 Å². The van der Waals surface area contributed by atoms with Gasteiger partial charge < -0.3 is 10.3 Å². The summed E-state index contributed by atoms with van der Waals surface area (Å²) >= 11 is 0. The van der Waals surface area contributed by atoms with Crippen LogP contribution in [0.3, 0.4) is 0 Å². The number of pyridine rings is 2. The molecule has 0 fully saturated rings. The smallest absolute Gasteiger partial charge is 0.261 e. The number of aromatic nitrogens is 2. The van der Waals surface area contributed by atoms with E-state index in [4.69, 9.17) is 0 Å². The van der Waals surface area contributed by atoms with Crippen LogP contribution in [-0.2, 0) is 0 Å². The molecular formula is C12H11N3O2. The molecule has 0 aliphatic rings. The van der Waals surface area contributed by atoms with E-state index in [1.807, 2.05) is 6.92 Å². The van der Waals surface area contributed by atoms with E-state index in [2.05, 4.69) is 15.3 Å². The Labute approximate surface area is 97.5 Å². The first-order chi connectivity index (χ1) is 8.18. The van der Waals surface area contributed by atoms with Crippen LogP contribution in [0.4, 0.5) is 5.69 Å². The van der Waals surface area contributed by atoms with Gasteiger partial charge in [-0.15, -0.1) is 0 Å². The Morgan fingerprint density at radius 2 is 2.24 bits per heavy atom. The van der Waals surface area contributed by atoms with Crippen LogP contribution in [0, 0.1) is 6.92 Å². The Morgan fingerprint density at radius 1 is 1.41 bits per heavy atom. The lowest BCUT2D eigenvalue weighted by atomic mass is 10.2. The second-order valence-electron chi connectivity index (χ2n) is 3.57. The normalized spacial score (nSPS) is 9.94. The molecule has 0 unspecified atom stereocenters. The topological polar surface area (TPSA) is 74.8 Å². The summed E-state index contributed by atoms with van der Waals surface area (Å²) in [7, 11) is 0. The number of carbonyl (C=O) groups excluding carboxylic acids is 1. The molecular weight excluding hydrogens is 218 g/mol. The first-order valence-corrected chi connectivity index (χ1v) is 5.07. The zero-order valence-electron chi connectivity index (χ0n) is 9.23. The summed E-state index contributed by atoms with van der Waals surface area (Å²) in [5, 5.41) is 2.65. The fourth-order valence-electron chi connectivity index (χ4n) is 1.38. The number of H-pyrrole nitrogens is 1. The molecule has 86 valence electrons. The van der Waals surface area contributed by atoms with Crippen molar-refractivity contribution in [2.75, 3.05) is 5.32 Å². The second kappa shape index (κ2) is 4.61. The quantitative estimate of drug-likeness (QED) is 0.815. The maximum Gasteiger partial charge on any atom is 0.261 e. The summed E-state index contributed by atoms with van der Waals surface area (Å²) in [6.07, 6.45) is 6.04. The van der Waals surface area contributed by atoms with Gasteiger partial charge in [0.15, 0.2) is 5.43 Å². The molecule has 17 heavy (non-hydrogen) atoms. The monoisotopic (exact) mass is 229 g/mol. The molecule has 0 aliphatic heterocycles. The Balaban J connectivity index is 2.27. The van der Waals surface area contributed by atoms with Crippen molar-refractivity contribution in [3.05, 3.63) is 58.3 Å². The minimum atomic E-state index is -0.442. The van der Waals surface area contributed by atoms with E-state index in [9.17, 15) is 9.59 Å². The Hall–Kier alpha value is -2.43. The molecule has 2 N–H and O–H groups in total. The van der Waals surface area contributed by atoms with Crippen LogP contribution < -0.4 is 10.7 Å². The molecule has 5 heteroatoms. The number of carbonyl (C=O) groups is 1. The predicted octanol–water partition coefficient (Wildman–Crippen LogP) is 1.33. The Morgan fingerprint density at radius 3 is 2.94 bits per heavy atom. The number of nitrogens with one attached hydrogen (secondary N) is 2. The van der Waals surface area contributed by atoms with Crippen molar-refractivity contribution in [2.24, 2.45) is 0 Å². The molecule has 2 rings (SSSR count). The number of amides is 1. The van der Waals surface area contributed by atoms with Gasteiger partial charge in [-0.2, -0.15) is 0 Å². The van der Waals surface area contributed by atoms with Crippen molar-refractivity contribution in [2.45, 2.75) is 6.92 Å². The standard InChI is InChI=1S/C12H11N3O2/c1-8-2-4-14-7-10(8)15-12(17)9-6-13-5-3-11(9)16/h2-7H,1H3,(H,13,16)(H,15,17). The third kappa shape index (κ3) is 2.39. The molecule has 0 saturated heterocycles.